The van der Waals surface area contributed by atoms with Crippen molar-refractivity contribution in [2.45, 2.75) is 19.1 Å². The van der Waals surface area contributed by atoms with Crippen LogP contribution in [0.1, 0.15) is 11.1 Å². The van der Waals surface area contributed by atoms with Crippen LogP contribution in [-0.2, 0) is 17.9 Å². The monoisotopic (exact) mass is 275 g/mol. The van der Waals surface area contributed by atoms with Crippen molar-refractivity contribution in [2.75, 3.05) is 0 Å². The van der Waals surface area contributed by atoms with Gasteiger partial charge in [0.25, 0.3) is 0 Å². The first kappa shape index (κ1) is 12.1. The van der Waals surface area contributed by atoms with Crippen LogP contribution in [0.3, 0.4) is 0 Å². The summed E-state index contributed by atoms with van der Waals surface area (Å²) < 4.78 is 13.1. The number of aliphatic carboxylic acids is 1. The third kappa shape index (κ3) is 3.28. The number of rotatable bonds is 4. The summed E-state index contributed by atoms with van der Waals surface area (Å²) in [5.74, 6) is -1.06. The largest absolute Gasteiger partial charge is 0.480 e. The van der Waals surface area contributed by atoms with E-state index >= 15 is 0 Å². The smallest absolute Gasteiger partial charge is 0.320 e. The molecule has 0 aliphatic rings. The van der Waals surface area contributed by atoms with Crippen molar-refractivity contribution >= 4 is 21.9 Å². The zero-order chi connectivity index (χ0) is 11.4. The molecule has 0 amide bonds. The zero-order valence-electron chi connectivity index (χ0n) is 7.91. The van der Waals surface area contributed by atoms with Crippen LogP contribution >= 0.6 is 15.9 Å². The summed E-state index contributed by atoms with van der Waals surface area (Å²) in [6.45, 7) is -0.567. The highest BCUT2D eigenvalue weighted by atomic mass is 79.9. The van der Waals surface area contributed by atoms with Gasteiger partial charge in [-0.15, -0.1) is 0 Å². The Labute approximate surface area is 95.2 Å². The van der Waals surface area contributed by atoms with Crippen molar-refractivity contribution in [1.82, 2.24) is 0 Å². The summed E-state index contributed by atoms with van der Waals surface area (Å²) in [5.41, 5.74) is 6.62. The molecule has 82 valence electrons. The van der Waals surface area contributed by atoms with E-state index in [0.717, 1.165) is 4.47 Å². The Morgan fingerprint density at radius 2 is 2.27 bits per heavy atom. The normalized spacial score (nSPS) is 12.5. The molecular weight excluding hydrogens is 265 g/mol. The van der Waals surface area contributed by atoms with E-state index < -0.39 is 18.7 Å². The Morgan fingerprint density at radius 1 is 1.60 bits per heavy atom. The maximum atomic E-state index is 12.4. The van der Waals surface area contributed by atoms with E-state index in [1.807, 2.05) is 0 Å². The highest BCUT2D eigenvalue weighted by molar-refractivity contribution is 9.10. The van der Waals surface area contributed by atoms with Gasteiger partial charge in [-0.2, -0.15) is 0 Å². The summed E-state index contributed by atoms with van der Waals surface area (Å²) >= 11 is 3.27. The van der Waals surface area contributed by atoms with Crippen molar-refractivity contribution in [2.24, 2.45) is 5.73 Å². The van der Waals surface area contributed by atoms with E-state index in [2.05, 4.69) is 15.9 Å². The van der Waals surface area contributed by atoms with Gasteiger partial charge in [0.1, 0.15) is 12.7 Å². The number of carbonyl (C=O) groups is 1. The number of carboxylic acids is 1. The van der Waals surface area contributed by atoms with Gasteiger partial charge in [0, 0.05) is 4.47 Å². The predicted octanol–water partition coefficient (Wildman–Crippen LogP) is 1.87. The summed E-state index contributed by atoms with van der Waals surface area (Å²) in [4.78, 5) is 10.6. The zero-order valence-corrected chi connectivity index (χ0v) is 9.50. The molecule has 3 nitrogen and oxygen atoms in total. The van der Waals surface area contributed by atoms with Crippen molar-refractivity contribution in [3.63, 3.8) is 0 Å². The van der Waals surface area contributed by atoms with Gasteiger partial charge in [0.05, 0.1) is 0 Å². The second-order valence-electron chi connectivity index (χ2n) is 3.21. The van der Waals surface area contributed by atoms with Gasteiger partial charge < -0.3 is 10.8 Å². The Hall–Kier alpha value is -0.940. The molecule has 1 unspecified atom stereocenters. The summed E-state index contributed by atoms with van der Waals surface area (Å²) in [6.07, 6.45) is 0.184. The minimum atomic E-state index is -1.06. The number of alkyl halides is 1. The van der Waals surface area contributed by atoms with E-state index in [1.165, 1.54) is 0 Å². The van der Waals surface area contributed by atoms with E-state index in [-0.39, 0.29) is 6.42 Å². The lowest BCUT2D eigenvalue weighted by molar-refractivity contribution is -0.138. The average Bonchev–Trinajstić information content (AvgIpc) is 2.21. The summed E-state index contributed by atoms with van der Waals surface area (Å²) in [6, 6.07) is 3.99. The number of hydrogen-bond acceptors (Lipinski definition) is 2. The third-order valence-electron chi connectivity index (χ3n) is 2.02. The molecule has 5 heteroatoms. The van der Waals surface area contributed by atoms with Crippen LogP contribution < -0.4 is 5.73 Å². The molecule has 0 aromatic heterocycles. The molecule has 1 aromatic carbocycles. The molecule has 1 atom stereocenters. The Bertz CT molecular complexity index is 370. The Balaban J connectivity index is 2.88. The van der Waals surface area contributed by atoms with E-state index in [0.29, 0.717) is 11.1 Å². The number of carboxylic acid groups (broad SMARTS) is 1. The predicted molar refractivity (Wildman–Crippen MR) is 58.3 cm³/mol. The maximum absolute atomic E-state index is 12.4. The molecule has 0 saturated heterocycles. The average molecular weight is 276 g/mol. The SMILES string of the molecule is NC(Cc1cc(CF)ccc1Br)C(=O)O. The fraction of sp³-hybridized carbons (Fsp3) is 0.300. The second kappa shape index (κ2) is 5.23. The number of hydrogen-bond donors (Lipinski definition) is 2. The molecular formula is C10H11BrFNO2. The van der Waals surface area contributed by atoms with Crippen LogP contribution in [0, 0.1) is 0 Å². The molecule has 3 N–H and O–H groups in total. The standard InChI is InChI=1S/C10H11BrFNO2/c11-8-2-1-6(5-12)3-7(8)4-9(13)10(14)15/h1-3,9H,4-5,13H2,(H,14,15). The molecule has 0 radical (unpaired) electrons. The van der Waals surface area contributed by atoms with Gasteiger partial charge in [0.2, 0.25) is 0 Å². The van der Waals surface area contributed by atoms with Gasteiger partial charge >= 0.3 is 5.97 Å². The maximum Gasteiger partial charge on any atom is 0.320 e. The highest BCUT2D eigenvalue weighted by Crippen LogP contribution is 2.20. The lowest BCUT2D eigenvalue weighted by Crippen LogP contribution is -2.32. The first-order valence-electron chi connectivity index (χ1n) is 4.36. The van der Waals surface area contributed by atoms with E-state index in [1.54, 1.807) is 18.2 Å². The summed E-state index contributed by atoms with van der Waals surface area (Å²) in [7, 11) is 0. The number of nitrogens with two attached hydrogens (primary N) is 1. The molecule has 1 rings (SSSR count). The quantitative estimate of drug-likeness (QED) is 0.882. The lowest BCUT2D eigenvalue weighted by Gasteiger charge is -2.09. The molecule has 0 heterocycles. The Kier molecular flexibility index (Phi) is 4.23. The minimum absolute atomic E-state index is 0.184. The van der Waals surface area contributed by atoms with Gasteiger partial charge in [-0.1, -0.05) is 28.1 Å². The lowest BCUT2D eigenvalue weighted by atomic mass is 10.0. The number of halogens is 2. The van der Waals surface area contributed by atoms with Crippen LogP contribution in [0.2, 0.25) is 0 Å². The molecule has 0 aliphatic carbocycles. The van der Waals surface area contributed by atoms with Gasteiger partial charge in [-0.25, -0.2) is 4.39 Å². The fourth-order valence-corrected chi connectivity index (χ4v) is 1.60. The fourth-order valence-electron chi connectivity index (χ4n) is 1.19. The topological polar surface area (TPSA) is 63.3 Å². The van der Waals surface area contributed by atoms with Crippen molar-refractivity contribution in [3.8, 4) is 0 Å². The van der Waals surface area contributed by atoms with Crippen LogP contribution in [-0.4, -0.2) is 17.1 Å². The molecule has 0 spiro atoms. The molecule has 15 heavy (non-hydrogen) atoms. The van der Waals surface area contributed by atoms with E-state index in [9.17, 15) is 9.18 Å². The molecule has 0 saturated carbocycles. The third-order valence-corrected chi connectivity index (χ3v) is 2.80. The Morgan fingerprint density at radius 3 is 2.80 bits per heavy atom. The molecule has 0 fully saturated rings. The van der Waals surface area contributed by atoms with E-state index in [4.69, 9.17) is 10.8 Å². The molecule has 0 bridgehead atoms. The van der Waals surface area contributed by atoms with Crippen LogP contribution in [0.4, 0.5) is 4.39 Å². The second-order valence-corrected chi connectivity index (χ2v) is 4.06. The van der Waals surface area contributed by atoms with Crippen molar-refractivity contribution < 1.29 is 14.3 Å². The highest BCUT2D eigenvalue weighted by Gasteiger charge is 2.14. The van der Waals surface area contributed by atoms with Crippen LogP contribution in [0.5, 0.6) is 0 Å². The van der Waals surface area contributed by atoms with Crippen molar-refractivity contribution in [3.05, 3.63) is 33.8 Å². The van der Waals surface area contributed by atoms with Gasteiger partial charge in [-0.05, 0) is 23.6 Å². The first-order chi connectivity index (χ1) is 7.04. The minimum Gasteiger partial charge on any atom is -0.480 e. The molecule has 0 aliphatic heterocycles. The first-order valence-corrected chi connectivity index (χ1v) is 5.15. The van der Waals surface area contributed by atoms with Crippen LogP contribution in [0.15, 0.2) is 22.7 Å². The van der Waals surface area contributed by atoms with Crippen LogP contribution in [0.25, 0.3) is 0 Å². The van der Waals surface area contributed by atoms with Crippen molar-refractivity contribution in [1.29, 1.82) is 0 Å². The summed E-state index contributed by atoms with van der Waals surface area (Å²) in [5, 5.41) is 8.65. The number of benzene rings is 1. The van der Waals surface area contributed by atoms with Gasteiger partial charge in [-0.3, -0.25) is 4.79 Å². The van der Waals surface area contributed by atoms with Gasteiger partial charge in [0.15, 0.2) is 0 Å². The molecule has 1 aromatic rings.